The maximum absolute atomic E-state index is 11.3. The van der Waals surface area contributed by atoms with Crippen LogP contribution in [0.3, 0.4) is 0 Å². The summed E-state index contributed by atoms with van der Waals surface area (Å²) in [7, 11) is -3.25. The molecule has 6 nitrogen and oxygen atoms in total. The van der Waals surface area contributed by atoms with Gasteiger partial charge in [0.1, 0.15) is 0 Å². The summed E-state index contributed by atoms with van der Waals surface area (Å²) in [6.07, 6.45) is 4.44. The van der Waals surface area contributed by atoms with Crippen molar-refractivity contribution >= 4 is 21.4 Å². The highest BCUT2D eigenvalue weighted by atomic mass is 32.2. The summed E-state index contributed by atoms with van der Waals surface area (Å²) in [6, 6.07) is 3.51. The van der Waals surface area contributed by atoms with E-state index in [-0.39, 0.29) is 17.0 Å². The average molecular weight is 297 g/mol. The van der Waals surface area contributed by atoms with Crippen LogP contribution in [0.25, 0.3) is 0 Å². The molecule has 2 heterocycles. The van der Waals surface area contributed by atoms with Gasteiger partial charge in [-0.05, 0) is 25.0 Å². The largest absolute Gasteiger partial charge is 0.381 e. The molecule has 0 atom stereocenters. The zero-order valence-electron chi connectivity index (χ0n) is 11.7. The predicted octanol–water partition coefficient (Wildman–Crippen LogP) is 0.908. The number of anilines is 1. The van der Waals surface area contributed by atoms with Crippen LogP contribution in [0.2, 0.25) is 0 Å². The summed E-state index contributed by atoms with van der Waals surface area (Å²) < 4.78 is 22.6. The molecule has 0 unspecified atom stereocenters. The van der Waals surface area contributed by atoms with Crippen LogP contribution in [0.1, 0.15) is 19.8 Å². The second kappa shape index (κ2) is 5.78. The summed E-state index contributed by atoms with van der Waals surface area (Å²) in [5.74, 6) is 0.114. The van der Waals surface area contributed by atoms with Crippen LogP contribution in [0.15, 0.2) is 23.4 Å². The van der Waals surface area contributed by atoms with Crippen LogP contribution in [-0.2, 0) is 14.6 Å². The number of carbonyl (C=O) groups excluding carboxylic acids is 1. The van der Waals surface area contributed by atoms with E-state index in [1.165, 1.54) is 12.3 Å². The SMILES string of the molecule is CC(=O)N1CCC(Nc2ccc(S(C)(=O)=O)nc2)CC1. The predicted molar refractivity (Wildman–Crippen MR) is 76.2 cm³/mol. The molecule has 7 heteroatoms. The fourth-order valence-electron chi connectivity index (χ4n) is 2.26. The Morgan fingerprint density at radius 2 is 2.00 bits per heavy atom. The molecule has 1 amide bonds. The van der Waals surface area contributed by atoms with Crippen LogP contribution in [0, 0.1) is 0 Å². The van der Waals surface area contributed by atoms with Gasteiger partial charge in [-0.15, -0.1) is 0 Å². The summed E-state index contributed by atoms with van der Waals surface area (Å²) in [5.41, 5.74) is 0.804. The summed E-state index contributed by atoms with van der Waals surface area (Å²) in [6.45, 7) is 3.09. The van der Waals surface area contributed by atoms with E-state index in [9.17, 15) is 13.2 Å². The number of nitrogens with zero attached hydrogens (tertiary/aromatic N) is 2. The third kappa shape index (κ3) is 3.69. The molecule has 1 aliphatic heterocycles. The zero-order chi connectivity index (χ0) is 14.8. The lowest BCUT2D eigenvalue weighted by molar-refractivity contribution is -0.129. The van der Waals surface area contributed by atoms with Gasteiger partial charge in [0.25, 0.3) is 0 Å². The van der Waals surface area contributed by atoms with Gasteiger partial charge >= 0.3 is 0 Å². The first-order valence-corrected chi connectivity index (χ1v) is 8.43. The van der Waals surface area contributed by atoms with Gasteiger partial charge in [-0.2, -0.15) is 0 Å². The molecule has 2 rings (SSSR count). The Hall–Kier alpha value is -1.63. The fraction of sp³-hybridized carbons (Fsp3) is 0.538. The molecule has 20 heavy (non-hydrogen) atoms. The van der Waals surface area contributed by atoms with Crippen molar-refractivity contribution in [1.82, 2.24) is 9.88 Å². The number of hydrogen-bond acceptors (Lipinski definition) is 5. The molecular weight excluding hydrogens is 278 g/mol. The monoisotopic (exact) mass is 297 g/mol. The molecule has 1 saturated heterocycles. The molecule has 0 radical (unpaired) electrons. The topological polar surface area (TPSA) is 79.4 Å². The lowest BCUT2D eigenvalue weighted by atomic mass is 10.0. The number of rotatable bonds is 3. The lowest BCUT2D eigenvalue weighted by Gasteiger charge is -2.32. The van der Waals surface area contributed by atoms with E-state index >= 15 is 0 Å². The Morgan fingerprint density at radius 3 is 2.45 bits per heavy atom. The highest BCUT2D eigenvalue weighted by Gasteiger charge is 2.20. The van der Waals surface area contributed by atoms with Crippen molar-refractivity contribution in [2.45, 2.75) is 30.8 Å². The van der Waals surface area contributed by atoms with Gasteiger partial charge < -0.3 is 10.2 Å². The van der Waals surface area contributed by atoms with E-state index in [1.807, 2.05) is 4.90 Å². The Kier molecular flexibility index (Phi) is 4.27. The van der Waals surface area contributed by atoms with Crippen molar-refractivity contribution in [3.05, 3.63) is 18.3 Å². The number of hydrogen-bond donors (Lipinski definition) is 1. The molecule has 0 aromatic carbocycles. The second-order valence-electron chi connectivity index (χ2n) is 5.08. The second-order valence-corrected chi connectivity index (χ2v) is 7.04. The van der Waals surface area contributed by atoms with E-state index in [1.54, 1.807) is 13.0 Å². The molecule has 0 spiro atoms. The molecule has 1 fully saturated rings. The van der Waals surface area contributed by atoms with Gasteiger partial charge in [-0.25, -0.2) is 13.4 Å². The van der Waals surface area contributed by atoms with Crippen LogP contribution < -0.4 is 5.32 Å². The van der Waals surface area contributed by atoms with Gasteiger partial charge in [0.15, 0.2) is 14.9 Å². The number of pyridine rings is 1. The fourth-order valence-corrected chi connectivity index (χ4v) is 2.82. The number of piperidine rings is 1. The van der Waals surface area contributed by atoms with Crippen LogP contribution in [-0.4, -0.2) is 49.6 Å². The molecule has 0 aliphatic carbocycles. The summed E-state index contributed by atoms with van der Waals surface area (Å²) >= 11 is 0. The van der Waals surface area contributed by atoms with Crippen LogP contribution in [0.4, 0.5) is 5.69 Å². The smallest absolute Gasteiger partial charge is 0.219 e. The molecule has 0 bridgehead atoms. The summed E-state index contributed by atoms with van der Waals surface area (Å²) in [5, 5.41) is 3.40. The van der Waals surface area contributed by atoms with Gasteiger partial charge in [0, 0.05) is 32.3 Å². The number of carbonyl (C=O) groups is 1. The summed E-state index contributed by atoms with van der Waals surface area (Å²) in [4.78, 5) is 17.0. The highest BCUT2D eigenvalue weighted by molar-refractivity contribution is 7.90. The van der Waals surface area contributed by atoms with Crippen molar-refractivity contribution in [2.24, 2.45) is 0 Å². The van der Waals surface area contributed by atoms with Gasteiger partial charge in [0.05, 0.1) is 11.9 Å². The Morgan fingerprint density at radius 1 is 1.35 bits per heavy atom. The lowest BCUT2D eigenvalue weighted by Crippen LogP contribution is -2.41. The van der Waals surface area contributed by atoms with Crippen molar-refractivity contribution in [3.8, 4) is 0 Å². The standard InChI is InChI=1S/C13H19N3O3S/c1-10(17)16-7-5-11(6-8-16)15-12-3-4-13(14-9-12)20(2,18)19/h3-4,9,11,15H,5-8H2,1-2H3. The van der Waals surface area contributed by atoms with Gasteiger partial charge in [0.2, 0.25) is 5.91 Å². The third-order valence-electron chi connectivity index (χ3n) is 3.43. The minimum absolute atomic E-state index is 0.0782. The molecule has 1 aromatic heterocycles. The van der Waals surface area contributed by atoms with E-state index in [0.717, 1.165) is 37.9 Å². The molecular formula is C13H19N3O3S. The first-order valence-electron chi connectivity index (χ1n) is 6.54. The van der Waals surface area contributed by atoms with E-state index in [0.29, 0.717) is 0 Å². The molecule has 110 valence electrons. The van der Waals surface area contributed by atoms with Crippen molar-refractivity contribution in [1.29, 1.82) is 0 Å². The normalized spacial score (nSPS) is 17.0. The van der Waals surface area contributed by atoms with Gasteiger partial charge in [-0.3, -0.25) is 4.79 Å². The third-order valence-corrected chi connectivity index (χ3v) is 4.43. The highest BCUT2D eigenvalue weighted by Crippen LogP contribution is 2.17. The maximum atomic E-state index is 11.3. The van der Waals surface area contributed by atoms with E-state index in [2.05, 4.69) is 10.3 Å². The number of aromatic nitrogens is 1. The molecule has 1 N–H and O–H groups in total. The Balaban J connectivity index is 1.93. The minimum atomic E-state index is -3.25. The Labute approximate surface area is 119 Å². The average Bonchev–Trinajstić information content (AvgIpc) is 2.39. The van der Waals surface area contributed by atoms with Crippen molar-refractivity contribution in [2.75, 3.05) is 24.7 Å². The van der Waals surface area contributed by atoms with E-state index in [4.69, 9.17) is 0 Å². The first kappa shape index (κ1) is 14.8. The van der Waals surface area contributed by atoms with Crippen LogP contribution in [0.5, 0.6) is 0 Å². The Bertz CT molecular complexity index is 575. The van der Waals surface area contributed by atoms with Gasteiger partial charge in [-0.1, -0.05) is 0 Å². The first-order chi connectivity index (χ1) is 9.36. The maximum Gasteiger partial charge on any atom is 0.219 e. The quantitative estimate of drug-likeness (QED) is 0.897. The van der Waals surface area contributed by atoms with E-state index < -0.39 is 9.84 Å². The van der Waals surface area contributed by atoms with Crippen molar-refractivity contribution < 1.29 is 13.2 Å². The molecule has 0 saturated carbocycles. The zero-order valence-corrected chi connectivity index (χ0v) is 12.5. The number of likely N-dealkylation sites (tertiary alicyclic amines) is 1. The number of nitrogens with one attached hydrogen (secondary N) is 1. The minimum Gasteiger partial charge on any atom is -0.381 e. The number of amides is 1. The molecule has 1 aliphatic rings. The van der Waals surface area contributed by atoms with Crippen LogP contribution >= 0.6 is 0 Å². The number of sulfone groups is 1. The molecule has 1 aromatic rings. The van der Waals surface area contributed by atoms with Crippen molar-refractivity contribution in [3.63, 3.8) is 0 Å².